The fourth-order valence-corrected chi connectivity index (χ4v) is 4.07. The third-order valence-electron chi connectivity index (χ3n) is 4.28. The van der Waals surface area contributed by atoms with Crippen LogP contribution in [-0.4, -0.2) is 40.8 Å². The second kappa shape index (κ2) is 5.81. The number of amides is 3. The molecule has 2 aliphatic rings. The lowest BCUT2D eigenvalue weighted by Gasteiger charge is -2.32. The van der Waals surface area contributed by atoms with Crippen LogP contribution in [0.3, 0.4) is 0 Å². The molecule has 1 fully saturated rings. The molecular weight excluding hydrogens is 304 g/mol. The minimum absolute atomic E-state index is 0.103. The second-order valence-corrected chi connectivity index (χ2v) is 6.79. The first-order valence-corrected chi connectivity index (χ1v) is 8.27. The van der Waals surface area contributed by atoms with E-state index < -0.39 is 11.5 Å². The highest BCUT2D eigenvalue weighted by molar-refractivity contribution is 7.10. The minimum atomic E-state index is -1.05. The van der Waals surface area contributed by atoms with Crippen molar-refractivity contribution in [2.45, 2.75) is 37.7 Å². The molecule has 1 aromatic heterocycles. The van der Waals surface area contributed by atoms with Crippen LogP contribution in [0.5, 0.6) is 0 Å². The number of nitrogens with zero attached hydrogens (tertiary/aromatic N) is 1. The maximum atomic E-state index is 12.0. The van der Waals surface area contributed by atoms with E-state index in [-0.39, 0.29) is 37.7 Å². The Morgan fingerprint density at radius 3 is 2.77 bits per heavy atom. The van der Waals surface area contributed by atoms with Crippen molar-refractivity contribution in [3.05, 3.63) is 21.9 Å². The highest BCUT2D eigenvalue weighted by atomic mass is 32.1. The Labute approximate surface area is 132 Å². The molecule has 7 heteroatoms. The Hall–Kier alpha value is -1.73. The molecule has 2 heterocycles. The van der Waals surface area contributed by atoms with E-state index in [1.165, 1.54) is 0 Å². The number of imide groups is 1. The normalized spacial score (nSPS) is 24.5. The first-order valence-electron chi connectivity index (χ1n) is 7.39. The van der Waals surface area contributed by atoms with Gasteiger partial charge < -0.3 is 10.4 Å². The molecule has 0 aromatic carbocycles. The quantitative estimate of drug-likeness (QED) is 0.792. The van der Waals surface area contributed by atoms with Crippen LogP contribution in [0.2, 0.25) is 0 Å². The molecule has 0 spiro atoms. The second-order valence-electron chi connectivity index (χ2n) is 5.79. The van der Waals surface area contributed by atoms with E-state index in [9.17, 15) is 19.5 Å². The maximum Gasteiger partial charge on any atom is 0.240 e. The molecule has 0 bridgehead atoms. The zero-order chi connectivity index (χ0) is 15.7. The Kier molecular flexibility index (Phi) is 4.01. The first kappa shape index (κ1) is 15.2. The average molecular weight is 322 g/mol. The Morgan fingerprint density at radius 2 is 2.05 bits per heavy atom. The topological polar surface area (TPSA) is 86.7 Å². The van der Waals surface area contributed by atoms with Crippen molar-refractivity contribution in [1.82, 2.24) is 10.2 Å². The van der Waals surface area contributed by atoms with Gasteiger partial charge in [-0.25, -0.2) is 0 Å². The molecule has 1 aliphatic heterocycles. The summed E-state index contributed by atoms with van der Waals surface area (Å²) in [4.78, 5) is 37.1. The zero-order valence-electron chi connectivity index (χ0n) is 12.1. The van der Waals surface area contributed by atoms with Gasteiger partial charge in [0.15, 0.2) is 0 Å². The molecular formula is C15H18N2O4S. The SMILES string of the molecule is O=C(CN1C(=O)CCC1=O)NCC1(O)CCCc2sccc21. The third kappa shape index (κ3) is 2.78. The molecule has 0 saturated carbocycles. The van der Waals surface area contributed by atoms with Gasteiger partial charge in [-0.15, -0.1) is 11.3 Å². The van der Waals surface area contributed by atoms with E-state index in [0.717, 1.165) is 28.2 Å². The van der Waals surface area contributed by atoms with Crippen LogP contribution in [0.15, 0.2) is 11.4 Å². The molecule has 118 valence electrons. The zero-order valence-corrected chi connectivity index (χ0v) is 12.9. The van der Waals surface area contributed by atoms with E-state index in [1.807, 2.05) is 11.4 Å². The van der Waals surface area contributed by atoms with Gasteiger partial charge >= 0.3 is 0 Å². The predicted molar refractivity (Wildman–Crippen MR) is 80.1 cm³/mol. The van der Waals surface area contributed by atoms with Crippen LogP contribution in [0.4, 0.5) is 0 Å². The van der Waals surface area contributed by atoms with Gasteiger partial charge in [0, 0.05) is 17.7 Å². The number of hydrogen-bond acceptors (Lipinski definition) is 5. The number of aryl methyl sites for hydroxylation is 1. The van der Waals surface area contributed by atoms with Gasteiger partial charge in [0.2, 0.25) is 17.7 Å². The highest BCUT2D eigenvalue weighted by Crippen LogP contribution is 2.37. The highest BCUT2D eigenvalue weighted by Gasteiger charge is 2.36. The summed E-state index contributed by atoms with van der Waals surface area (Å²) < 4.78 is 0. The molecule has 1 unspecified atom stereocenters. The summed E-state index contributed by atoms with van der Waals surface area (Å²) in [6.07, 6.45) is 2.78. The predicted octanol–water partition coefficient (Wildman–Crippen LogP) is 0.537. The van der Waals surface area contributed by atoms with Gasteiger partial charge in [0.05, 0.1) is 6.54 Å². The first-order chi connectivity index (χ1) is 10.5. The average Bonchev–Trinajstić information content (AvgIpc) is 3.08. The van der Waals surface area contributed by atoms with E-state index in [2.05, 4.69) is 5.32 Å². The molecule has 1 saturated heterocycles. The summed E-state index contributed by atoms with van der Waals surface area (Å²) in [6, 6.07) is 1.90. The Bertz CT molecular complexity index is 611. The van der Waals surface area contributed by atoms with Crippen molar-refractivity contribution in [2.24, 2.45) is 0 Å². The summed E-state index contributed by atoms with van der Waals surface area (Å²) in [6.45, 7) is -0.157. The molecule has 6 nitrogen and oxygen atoms in total. The molecule has 1 aliphatic carbocycles. The summed E-state index contributed by atoms with van der Waals surface area (Å²) in [7, 11) is 0. The minimum Gasteiger partial charge on any atom is -0.383 e. The number of hydrogen-bond donors (Lipinski definition) is 2. The maximum absolute atomic E-state index is 12.0. The molecule has 1 atom stereocenters. The van der Waals surface area contributed by atoms with Crippen LogP contribution in [-0.2, 0) is 26.4 Å². The van der Waals surface area contributed by atoms with Crippen LogP contribution < -0.4 is 5.32 Å². The third-order valence-corrected chi connectivity index (χ3v) is 5.26. The molecule has 1 aromatic rings. The van der Waals surface area contributed by atoms with E-state index in [4.69, 9.17) is 0 Å². The lowest BCUT2D eigenvalue weighted by atomic mass is 9.83. The van der Waals surface area contributed by atoms with Gasteiger partial charge in [-0.1, -0.05) is 0 Å². The van der Waals surface area contributed by atoms with Crippen LogP contribution in [0.25, 0.3) is 0 Å². The van der Waals surface area contributed by atoms with E-state index in [0.29, 0.717) is 6.42 Å². The van der Waals surface area contributed by atoms with Crippen molar-refractivity contribution in [3.63, 3.8) is 0 Å². The summed E-state index contributed by atoms with van der Waals surface area (Å²) in [5.74, 6) is -1.03. The monoisotopic (exact) mass is 322 g/mol. The summed E-state index contributed by atoms with van der Waals surface area (Å²) >= 11 is 1.62. The summed E-state index contributed by atoms with van der Waals surface area (Å²) in [5, 5.41) is 15.4. The summed E-state index contributed by atoms with van der Waals surface area (Å²) in [5.41, 5.74) is -0.167. The van der Waals surface area contributed by atoms with Gasteiger partial charge in [-0.2, -0.15) is 0 Å². The number of carbonyl (C=O) groups excluding carboxylic acids is 3. The van der Waals surface area contributed by atoms with E-state index >= 15 is 0 Å². The fourth-order valence-electron chi connectivity index (χ4n) is 3.05. The van der Waals surface area contributed by atoms with Gasteiger partial charge in [-0.05, 0) is 36.3 Å². The fraction of sp³-hybridized carbons (Fsp3) is 0.533. The van der Waals surface area contributed by atoms with Gasteiger partial charge in [0.25, 0.3) is 0 Å². The molecule has 3 amide bonds. The smallest absolute Gasteiger partial charge is 0.240 e. The van der Waals surface area contributed by atoms with Crippen LogP contribution >= 0.6 is 11.3 Å². The molecule has 3 rings (SSSR count). The lowest BCUT2D eigenvalue weighted by molar-refractivity contribution is -0.142. The van der Waals surface area contributed by atoms with E-state index in [1.54, 1.807) is 11.3 Å². The Morgan fingerprint density at radius 1 is 1.32 bits per heavy atom. The number of fused-ring (bicyclic) bond motifs is 1. The standard InChI is InChI=1S/C15H18N2O4S/c18-12(8-17-13(19)3-4-14(17)20)16-9-15(21)6-1-2-11-10(15)5-7-22-11/h5,7,21H,1-4,6,8-9H2,(H,16,18). The van der Waals surface area contributed by atoms with Crippen LogP contribution in [0, 0.1) is 0 Å². The number of rotatable bonds is 4. The lowest BCUT2D eigenvalue weighted by Crippen LogP contribution is -2.46. The number of likely N-dealkylation sites (tertiary alicyclic amines) is 1. The van der Waals surface area contributed by atoms with Crippen molar-refractivity contribution >= 4 is 29.1 Å². The van der Waals surface area contributed by atoms with Gasteiger partial charge in [0.1, 0.15) is 12.1 Å². The number of nitrogens with one attached hydrogen (secondary N) is 1. The molecule has 22 heavy (non-hydrogen) atoms. The van der Waals surface area contributed by atoms with Crippen molar-refractivity contribution < 1.29 is 19.5 Å². The molecule has 0 radical (unpaired) electrons. The van der Waals surface area contributed by atoms with Crippen molar-refractivity contribution in [3.8, 4) is 0 Å². The number of thiophene rings is 1. The largest absolute Gasteiger partial charge is 0.383 e. The van der Waals surface area contributed by atoms with Gasteiger partial charge in [-0.3, -0.25) is 19.3 Å². The van der Waals surface area contributed by atoms with Crippen molar-refractivity contribution in [2.75, 3.05) is 13.1 Å². The van der Waals surface area contributed by atoms with Crippen LogP contribution in [0.1, 0.15) is 36.1 Å². The number of carbonyl (C=O) groups is 3. The molecule has 2 N–H and O–H groups in total. The number of aliphatic hydroxyl groups is 1. The van der Waals surface area contributed by atoms with Crippen molar-refractivity contribution in [1.29, 1.82) is 0 Å². The Balaban J connectivity index is 1.60.